The van der Waals surface area contributed by atoms with Crippen LogP contribution >= 0.6 is 24.0 Å². The normalized spacial score (nSPS) is 14.6. The lowest BCUT2D eigenvalue weighted by molar-refractivity contribution is 0.648. The maximum absolute atomic E-state index is 6.00. The van der Waals surface area contributed by atoms with Crippen molar-refractivity contribution in [2.75, 3.05) is 36.0 Å². The van der Waals surface area contributed by atoms with E-state index in [1.807, 2.05) is 24.3 Å². The van der Waals surface area contributed by atoms with E-state index in [0.717, 1.165) is 59.0 Å². The molecule has 3 heterocycles. The fourth-order valence-corrected chi connectivity index (χ4v) is 3.82. The van der Waals surface area contributed by atoms with Crippen molar-refractivity contribution in [1.29, 1.82) is 0 Å². The smallest absolute Gasteiger partial charge is 0.156 e. The molecule has 0 atom stereocenters. The number of H-pyrrole nitrogens is 1. The molecular formula is C20H19Cl2N5. The van der Waals surface area contributed by atoms with Crippen LogP contribution in [0.5, 0.6) is 0 Å². The quantitative estimate of drug-likeness (QED) is 0.538. The first-order valence-electron chi connectivity index (χ1n) is 8.76. The molecule has 0 spiro atoms. The van der Waals surface area contributed by atoms with Crippen molar-refractivity contribution < 1.29 is 0 Å². The van der Waals surface area contributed by atoms with E-state index in [-0.39, 0.29) is 12.4 Å². The standard InChI is InChI=1S/C20H18ClN5.ClH/c21-14-5-7-15(8-6-14)25-9-11-26(12-10-25)20-19-18(22-13-23-20)16-3-1-2-4-17(16)24-19;/h1-8,13,24H,9-12H2;1H. The van der Waals surface area contributed by atoms with Gasteiger partial charge in [-0.25, -0.2) is 9.97 Å². The number of hydrogen-bond acceptors (Lipinski definition) is 4. The van der Waals surface area contributed by atoms with Gasteiger partial charge in [0.25, 0.3) is 0 Å². The van der Waals surface area contributed by atoms with Gasteiger partial charge in [0.05, 0.1) is 0 Å². The van der Waals surface area contributed by atoms with Crippen molar-refractivity contribution in [3.63, 3.8) is 0 Å². The van der Waals surface area contributed by atoms with Crippen molar-refractivity contribution in [2.45, 2.75) is 0 Å². The predicted molar refractivity (Wildman–Crippen MR) is 115 cm³/mol. The molecule has 1 aliphatic heterocycles. The van der Waals surface area contributed by atoms with Crippen molar-refractivity contribution in [3.05, 3.63) is 59.9 Å². The Balaban J connectivity index is 0.00000180. The number of fused-ring (bicyclic) bond motifs is 3. The molecule has 0 radical (unpaired) electrons. The predicted octanol–water partition coefficient (Wildman–Crippen LogP) is 4.51. The van der Waals surface area contributed by atoms with Crippen molar-refractivity contribution in [3.8, 4) is 0 Å². The fraction of sp³-hybridized carbons (Fsp3) is 0.200. The second-order valence-electron chi connectivity index (χ2n) is 6.54. The highest BCUT2D eigenvalue weighted by Gasteiger charge is 2.21. The van der Waals surface area contributed by atoms with Crippen LogP contribution in [0.15, 0.2) is 54.9 Å². The number of halogens is 2. The molecule has 2 aromatic heterocycles. The fourth-order valence-electron chi connectivity index (χ4n) is 3.70. The zero-order valence-electron chi connectivity index (χ0n) is 14.6. The van der Waals surface area contributed by atoms with Gasteiger partial charge in [-0.15, -0.1) is 12.4 Å². The molecule has 0 aliphatic carbocycles. The van der Waals surface area contributed by atoms with E-state index in [0.29, 0.717) is 0 Å². The maximum Gasteiger partial charge on any atom is 0.156 e. The van der Waals surface area contributed by atoms with Gasteiger partial charge in [0.15, 0.2) is 5.82 Å². The molecule has 0 saturated carbocycles. The van der Waals surface area contributed by atoms with Crippen molar-refractivity contribution >= 4 is 57.4 Å². The van der Waals surface area contributed by atoms with Crippen LogP contribution in [0.4, 0.5) is 11.5 Å². The van der Waals surface area contributed by atoms with E-state index in [9.17, 15) is 0 Å². The molecule has 1 saturated heterocycles. The Morgan fingerprint density at radius 3 is 2.33 bits per heavy atom. The Bertz CT molecular complexity index is 1070. The first-order valence-corrected chi connectivity index (χ1v) is 9.14. The summed E-state index contributed by atoms with van der Waals surface area (Å²) in [7, 11) is 0. The third-order valence-electron chi connectivity index (χ3n) is 5.04. The molecule has 1 fully saturated rings. The molecular weight excluding hydrogens is 381 g/mol. The Labute approximate surface area is 168 Å². The molecule has 2 aromatic carbocycles. The summed E-state index contributed by atoms with van der Waals surface area (Å²) >= 11 is 6.00. The highest BCUT2D eigenvalue weighted by molar-refractivity contribution is 6.30. The van der Waals surface area contributed by atoms with Crippen LogP contribution in [-0.2, 0) is 0 Å². The molecule has 5 rings (SSSR count). The van der Waals surface area contributed by atoms with E-state index in [1.165, 1.54) is 5.69 Å². The summed E-state index contributed by atoms with van der Waals surface area (Å²) in [5.74, 6) is 0.988. The van der Waals surface area contributed by atoms with Crippen LogP contribution in [0.25, 0.3) is 21.9 Å². The lowest BCUT2D eigenvalue weighted by Gasteiger charge is -2.36. The van der Waals surface area contributed by atoms with E-state index in [4.69, 9.17) is 11.6 Å². The number of benzene rings is 2. The third-order valence-corrected chi connectivity index (χ3v) is 5.29. The average Bonchev–Trinajstić information content (AvgIpc) is 3.08. The molecule has 27 heavy (non-hydrogen) atoms. The largest absolute Gasteiger partial charge is 0.368 e. The van der Waals surface area contributed by atoms with E-state index in [2.05, 4.69) is 49.0 Å². The van der Waals surface area contributed by atoms with E-state index in [1.54, 1.807) is 6.33 Å². The van der Waals surface area contributed by atoms with Crippen molar-refractivity contribution in [1.82, 2.24) is 15.0 Å². The summed E-state index contributed by atoms with van der Waals surface area (Å²) in [6, 6.07) is 16.3. The third kappa shape index (κ3) is 3.17. The van der Waals surface area contributed by atoms with Gasteiger partial charge in [-0.1, -0.05) is 29.8 Å². The molecule has 1 N–H and O–H groups in total. The SMILES string of the molecule is Cl.Clc1ccc(N2CCN(c3ncnc4c3[nH]c3ccccc34)CC2)cc1. The summed E-state index contributed by atoms with van der Waals surface area (Å²) < 4.78 is 0. The minimum absolute atomic E-state index is 0. The summed E-state index contributed by atoms with van der Waals surface area (Å²) in [6.45, 7) is 3.74. The first-order chi connectivity index (χ1) is 12.8. The Morgan fingerprint density at radius 2 is 1.56 bits per heavy atom. The number of para-hydroxylation sites is 1. The van der Waals surface area contributed by atoms with Crippen molar-refractivity contribution in [2.24, 2.45) is 0 Å². The summed E-state index contributed by atoms with van der Waals surface area (Å²) in [5, 5.41) is 1.92. The highest BCUT2D eigenvalue weighted by Crippen LogP contribution is 2.30. The molecule has 4 aromatic rings. The number of aromatic amines is 1. The molecule has 5 nitrogen and oxygen atoms in total. The molecule has 0 bridgehead atoms. The number of nitrogens with zero attached hydrogens (tertiary/aromatic N) is 4. The summed E-state index contributed by atoms with van der Waals surface area (Å²) in [4.78, 5) is 17.3. The second kappa shape index (κ2) is 7.25. The van der Waals surface area contributed by atoms with E-state index < -0.39 is 0 Å². The molecule has 0 amide bonds. The number of anilines is 2. The van der Waals surface area contributed by atoms with Gasteiger partial charge in [0, 0.05) is 47.8 Å². The van der Waals surface area contributed by atoms with Gasteiger partial charge in [-0.2, -0.15) is 0 Å². The van der Waals surface area contributed by atoms with Crippen LogP contribution in [0.3, 0.4) is 0 Å². The number of piperazine rings is 1. The number of rotatable bonds is 2. The summed E-state index contributed by atoms with van der Waals surface area (Å²) in [6.07, 6.45) is 1.67. The van der Waals surface area contributed by atoms with Crippen LogP contribution in [-0.4, -0.2) is 41.1 Å². The van der Waals surface area contributed by atoms with Crippen LogP contribution < -0.4 is 9.80 Å². The minimum Gasteiger partial charge on any atom is -0.368 e. The zero-order chi connectivity index (χ0) is 17.5. The second-order valence-corrected chi connectivity index (χ2v) is 6.98. The monoisotopic (exact) mass is 399 g/mol. The molecule has 0 unspecified atom stereocenters. The molecule has 1 aliphatic rings. The topological polar surface area (TPSA) is 48.1 Å². The average molecular weight is 400 g/mol. The van der Waals surface area contributed by atoms with Crippen LogP contribution in [0.1, 0.15) is 0 Å². The zero-order valence-corrected chi connectivity index (χ0v) is 16.2. The van der Waals surface area contributed by atoms with Gasteiger partial charge in [0.2, 0.25) is 0 Å². The Hall–Kier alpha value is -2.50. The first kappa shape index (κ1) is 17.9. The van der Waals surface area contributed by atoms with Crippen LogP contribution in [0.2, 0.25) is 5.02 Å². The Kier molecular flexibility index (Phi) is 4.81. The Morgan fingerprint density at radius 1 is 0.852 bits per heavy atom. The van der Waals surface area contributed by atoms with Gasteiger partial charge in [-0.3, -0.25) is 0 Å². The number of aromatic nitrogens is 3. The number of nitrogens with one attached hydrogen (secondary N) is 1. The highest BCUT2D eigenvalue weighted by atomic mass is 35.5. The van der Waals surface area contributed by atoms with Gasteiger partial charge in [-0.05, 0) is 30.3 Å². The van der Waals surface area contributed by atoms with E-state index >= 15 is 0 Å². The lowest BCUT2D eigenvalue weighted by atomic mass is 10.2. The maximum atomic E-state index is 6.00. The molecule has 7 heteroatoms. The van der Waals surface area contributed by atoms with Gasteiger partial charge in [0.1, 0.15) is 17.4 Å². The minimum atomic E-state index is 0. The number of hydrogen-bond donors (Lipinski definition) is 1. The van der Waals surface area contributed by atoms with Gasteiger partial charge >= 0.3 is 0 Å². The summed E-state index contributed by atoms with van der Waals surface area (Å²) in [5.41, 5.74) is 4.33. The molecule has 138 valence electrons. The van der Waals surface area contributed by atoms with Crippen LogP contribution in [0, 0.1) is 0 Å². The van der Waals surface area contributed by atoms with Gasteiger partial charge < -0.3 is 14.8 Å². The lowest BCUT2D eigenvalue weighted by Crippen LogP contribution is -2.46.